The molecular weight excluding hydrogens is 212 g/mol. The zero-order valence-corrected chi connectivity index (χ0v) is 8.87. The minimum absolute atomic E-state index is 0.362. The van der Waals surface area contributed by atoms with E-state index < -0.39 is 0 Å². The molecule has 0 bridgehead atoms. The van der Waals surface area contributed by atoms with E-state index in [1.807, 2.05) is 24.3 Å². The molecule has 2 rings (SSSR count). The Morgan fingerprint density at radius 2 is 1.93 bits per heavy atom. The number of aromatic nitrogens is 1. The fraction of sp³-hybridized carbons (Fsp3) is 0.182. The minimum Gasteiger partial charge on any atom is -0.426 e. The van der Waals surface area contributed by atoms with Gasteiger partial charge in [-0.15, -0.1) is 0 Å². The lowest BCUT2D eigenvalue weighted by atomic mass is 10.1. The zero-order valence-electron chi connectivity index (χ0n) is 8.11. The van der Waals surface area contributed by atoms with Crippen LogP contribution in [0.5, 0.6) is 0 Å². The second kappa shape index (κ2) is 4.36. The standard InChI is InChI=1S/C11H11ClN2O/c12-9-4-1-8(2-5-9)3-6-11-14-7-10(13)15-11/h1-2,4-5,7H,3,6,13H2. The molecule has 15 heavy (non-hydrogen) atoms. The van der Waals surface area contributed by atoms with Crippen molar-refractivity contribution in [2.24, 2.45) is 0 Å². The van der Waals surface area contributed by atoms with Crippen LogP contribution in [-0.4, -0.2) is 4.98 Å². The second-order valence-corrected chi connectivity index (χ2v) is 3.72. The highest BCUT2D eigenvalue weighted by atomic mass is 35.5. The third kappa shape index (κ3) is 2.73. The van der Waals surface area contributed by atoms with Crippen molar-refractivity contribution in [3.63, 3.8) is 0 Å². The number of benzene rings is 1. The highest BCUT2D eigenvalue weighted by molar-refractivity contribution is 6.30. The van der Waals surface area contributed by atoms with E-state index in [9.17, 15) is 0 Å². The zero-order chi connectivity index (χ0) is 10.7. The summed E-state index contributed by atoms with van der Waals surface area (Å²) in [6, 6.07) is 7.74. The Kier molecular flexibility index (Phi) is 2.92. The number of nitrogen functional groups attached to an aromatic ring is 1. The molecule has 0 saturated heterocycles. The van der Waals surface area contributed by atoms with Crippen molar-refractivity contribution in [1.29, 1.82) is 0 Å². The highest BCUT2D eigenvalue weighted by Gasteiger charge is 2.01. The Balaban J connectivity index is 1.96. The number of nitrogens with zero attached hydrogens (tertiary/aromatic N) is 1. The first kappa shape index (κ1) is 10.1. The van der Waals surface area contributed by atoms with Gasteiger partial charge in [-0.3, -0.25) is 0 Å². The number of hydrogen-bond donors (Lipinski definition) is 1. The van der Waals surface area contributed by atoms with Gasteiger partial charge >= 0.3 is 0 Å². The molecule has 0 saturated carbocycles. The summed E-state index contributed by atoms with van der Waals surface area (Å²) < 4.78 is 5.17. The van der Waals surface area contributed by atoms with Crippen LogP contribution in [0, 0.1) is 0 Å². The number of oxazole rings is 1. The molecule has 0 atom stereocenters. The van der Waals surface area contributed by atoms with Gasteiger partial charge in [-0.2, -0.15) is 0 Å². The van der Waals surface area contributed by atoms with Gasteiger partial charge < -0.3 is 10.2 Å². The molecule has 2 N–H and O–H groups in total. The number of rotatable bonds is 3. The summed E-state index contributed by atoms with van der Waals surface area (Å²) in [5.74, 6) is 1.03. The first-order valence-electron chi connectivity index (χ1n) is 4.68. The average molecular weight is 223 g/mol. The van der Waals surface area contributed by atoms with Crippen LogP contribution in [0.4, 0.5) is 5.88 Å². The van der Waals surface area contributed by atoms with Crippen molar-refractivity contribution in [3.8, 4) is 0 Å². The normalized spacial score (nSPS) is 10.5. The number of hydrogen-bond acceptors (Lipinski definition) is 3. The van der Waals surface area contributed by atoms with Crippen molar-refractivity contribution in [2.45, 2.75) is 12.8 Å². The van der Waals surface area contributed by atoms with Crippen molar-refractivity contribution in [1.82, 2.24) is 4.98 Å². The monoisotopic (exact) mass is 222 g/mol. The summed E-state index contributed by atoms with van der Waals surface area (Å²) in [5.41, 5.74) is 6.63. The van der Waals surface area contributed by atoms with Gasteiger partial charge in [0.1, 0.15) is 0 Å². The van der Waals surface area contributed by atoms with E-state index in [0.29, 0.717) is 11.8 Å². The van der Waals surface area contributed by atoms with Crippen LogP contribution < -0.4 is 5.73 Å². The minimum atomic E-state index is 0.362. The van der Waals surface area contributed by atoms with E-state index in [0.717, 1.165) is 17.9 Å². The van der Waals surface area contributed by atoms with Gasteiger partial charge in [0.05, 0.1) is 6.20 Å². The van der Waals surface area contributed by atoms with Crippen molar-refractivity contribution in [3.05, 3.63) is 46.9 Å². The van der Waals surface area contributed by atoms with Crippen LogP contribution in [0.15, 0.2) is 34.9 Å². The summed E-state index contributed by atoms with van der Waals surface area (Å²) in [7, 11) is 0. The van der Waals surface area contributed by atoms with E-state index >= 15 is 0 Å². The van der Waals surface area contributed by atoms with E-state index in [-0.39, 0.29) is 0 Å². The van der Waals surface area contributed by atoms with Crippen LogP contribution in [0.1, 0.15) is 11.5 Å². The molecule has 0 aliphatic heterocycles. The molecule has 0 fully saturated rings. The second-order valence-electron chi connectivity index (χ2n) is 3.28. The molecule has 1 aromatic heterocycles. The Morgan fingerprint density at radius 1 is 1.20 bits per heavy atom. The van der Waals surface area contributed by atoms with E-state index in [4.69, 9.17) is 21.8 Å². The molecule has 0 radical (unpaired) electrons. The third-order valence-corrected chi connectivity index (χ3v) is 2.36. The van der Waals surface area contributed by atoms with Gasteiger partial charge in [-0.1, -0.05) is 23.7 Å². The first-order valence-corrected chi connectivity index (χ1v) is 5.06. The van der Waals surface area contributed by atoms with Gasteiger partial charge in [0.15, 0.2) is 5.89 Å². The summed E-state index contributed by atoms with van der Waals surface area (Å²) >= 11 is 5.78. The molecule has 0 spiro atoms. The van der Waals surface area contributed by atoms with E-state index in [2.05, 4.69) is 4.98 Å². The number of nitrogens with two attached hydrogens (primary N) is 1. The molecule has 1 heterocycles. The van der Waals surface area contributed by atoms with Crippen molar-refractivity contribution >= 4 is 17.5 Å². The van der Waals surface area contributed by atoms with E-state index in [1.54, 1.807) is 0 Å². The van der Waals surface area contributed by atoms with Crippen molar-refractivity contribution in [2.75, 3.05) is 5.73 Å². The summed E-state index contributed by atoms with van der Waals surface area (Å²) in [5, 5.41) is 0.749. The molecule has 1 aromatic carbocycles. The summed E-state index contributed by atoms with van der Waals surface area (Å²) in [6.07, 6.45) is 3.15. The lowest BCUT2D eigenvalue weighted by molar-refractivity contribution is 0.509. The number of aryl methyl sites for hydroxylation is 2. The van der Waals surface area contributed by atoms with Gasteiger partial charge in [-0.05, 0) is 24.1 Å². The maximum absolute atomic E-state index is 5.78. The van der Waals surface area contributed by atoms with Crippen LogP contribution in [0.25, 0.3) is 0 Å². The van der Waals surface area contributed by atoms with Crippen LogP contribution in [0.2, 0.25) is 5.02 Å². The van der Waals surface area contributed by atoms with Gasteiger partial charge in [0, 0.05) is 11.4 Å². The number of halogens is 1. The first-order chi connectivity index (χ1) is 7.24. The Morgan fingerprint density at radius 3 is 2.53 bits per heavy atom. The lowest BCUT2D eigenvalue weighted by Gasteiger charge is -1.98. The number of anilines is 1. The molecule has 78 valence electrons. The van der Waals surface area contributed by atoms with Gasteiger partial charge in [0.25, 0.3) is 0 Å². The fourth-order valence-electron chi connectivity index (χ4n) is 1.34. The van der Waals surface area contributed by atoms with Crippen molar-refractivity contribution < 1.29 is 4.42 Å². The Bertz CT molecular complexity index is 436. The molecule has 0 amide bonds. The van der Waals surface area contributed by atoms with Crippen LogP contribution in [0.3, 0.4) is 0 Å². The molecule has 0 unspecified atom stereocenters. The molecule has 3 nitrogen and oxygen atoms in total. The Labute approximate surface area is 92.9 Å². The SMILES string of the molecule is Nc1cnc(CCc2ccc(Cl)cc2)o1. The molecule has 0 aliphatic carbocycles. The van der Waals surface area contributed by atoms with Gasteiger partial charge in [-0.25, -0.2) is 4.98 Å². The topological polar surface area (TPSA) is 52.0 Å². The molecule has 0 aliphatic rings. The molecular formula is C11H11ClN2O. The van der Waals surface area contributed by atoms with Gasteiger partial charge in [0.2, 0.25) is 5.88 Å². The summed E-state index contributed by atoms with van der Waals surface area (Å²) in [4.78, 5) is 4.03. The third-order valence-electron chi connectivity index (χ3n) is 2.11. The van der Waals surface area contributed by atoms with Crippen LogP contribution in [-0.2, 0) is 12.8 Å². The predicted octanol–water partition coefficient (Wildman–Crippen LogP) is 2.70. The van der Waals surface area contributed by atoms with Crippen LogP contribution >= 0.6 is 11.6 Å². The maximum atomic E-state index is 5.78. The van der Waals surface area contributed by atoms with E-state index in [1.165, 1.54) is 11.8 Å². The quantitative estimate of drug-likeness (QED) is 0.869. The maximum Gasteiger partial charge on any atom is 0.211 e. The molecule has 2 aromatic rings. The smallest absolute Gasteiger partial charge is 0.211 e. The molecule has 4 heteroatoms. The lowest BCUT2D eigenvalue weighted by Crippen LogP contribution is -1.90. The highest BCUT2D eigenvalue weighted by Crippen LogP contribution is 2.12. The Hall–Kier alpha value is -1.48. The fourth-order valence-corrected chi connectivity index (χ4v) is 1.47. The predicted molar refractivity (Wildman–Crippen MR) is 59.8 cm³/mol. The average Bonchev–Trinajstić information content (AvgIpc) is 2.64. The largest absolute Gasteiger partial charge is 0.426 e. The summed E-state index contributed by atoms with van der Waals surface area (Å²) in [6.45, 7) is 0.